The van der Waals surface area contributed by atoms with Crippen molar-refractivity contribution in [1.29, 1.82) is 0 Å². The number of aryl methyl sites for hydroxylation is 2. The van der Waals surface area contributed by atoms with Crippen molar-refractivity contribution in [3.05, 3.63) is 61.2 Å². The minimum atomic E-state index is -0.629. The van der Waals surface area contributed by atoms with Gasteiger partial charge >= 0.3 is 0 Å². The van der Waals surface area contributed by atoms with Crippen molar-refractivity contribution in [2.75, 3.05) is 26.2 Å². The van der Waals surface area contributed by atoms with E-state index in [0.717, 1.165) is 41.1 Å². The third kappa shape index (κ3) is 4.91. The summed E-state index contributed by atoms with van der Waals surface area (Å²) in [6, 6.07) is 6.92. The molecular weight excluding hydrogens is 478 g/mol. The zero-order chi connectivity index (χ0) is 22.7. The predicted octanol–water partition coefficient (Wildman–Crippen LogP) is 4.83. The van der Waals surface area contributed by atoms with E-state index in [9.17, 15) is 14.7 Å². The number of hydrogen-bond acceptors (Lipinski definition) is 6. The summed E-state index contributed by atoms with van der Waals surface area (Å²) in [5, 5.41) is 11.6. The number of Topliss-reactive ketones (excluding diaryl/α,β-unsaturated/α-hetero) is 1. The van der Waals surface area contributed by atoms with Crippen molar-refractivity contribution < 1.29 is 14.7 Å². The maximum Gasteiger partial charge on any atom is 0.290 e. The van der Waals surface area contributed by atoms with E-state index in [2.05, 4.69) is 39.7 Å². The molecule has 0 saturated carbocycles. The smallest absolute Gasteiger partial charge is 0.290 e. The number of rotatable bonds is 9. The molecule has 1 N–H and O–H groups in total. The summed E-state index contributed by atoms with van der Waals surface area (Å²) in [5.74, 6) is -1.28. The first-order valence-electron chi connectivity index (χ1n) is 10.5. The highest BCUT2D eigenvalue weighted by Crippen LogP contribution is 2.40. The van der Waals surface area contributed by atoms with Gasteiger partial charge in [0.1, 0.15) is 0 Å². The Morgan fingerprint density at radius 1 is 1.29 bits per heavy atom. The second-order valence-electron chi connectivity index (χ2n) is 7.58. The van der Waals surface area contributed by atoms with E-state index in [1.165, 1.54) is 11.3 Å². The van der Waals surface area contributed by atoms with Crippen LogP contribution >= 0.6 is 27.3 Å². The molecule has 0 bridgehead atoms. The lowest BCUT2D eigenvalue weighted by molar-refractivity contribution is -0.129. The molecule has 2 aromatic rings. The van der Waals surface area contributed by atoms with Gasteiger partial charge in [-0.05, 0) is 57.6 Å². The topological polar surface area (TPSA) is 73.7 Å². The van der Waals surface area contributed by atoms with Crippen molar-refractivity contribution in [2.24, 2.45) is 0 Å². The Morgan fingerprint density at radius 2 is 2.00 bits per heavy atom. The van der Waals surface area contributed by atoms with E-state index >= 15 is 0 Å². The molecule has 166 valence electrons. The van der Waals surface area contributed by atoms with E-state index < -0.39 is 17.7 Å². The van der Waals surface area contributed by atoms with Crippen molar-refractivity contribution in [3.8, 4) is 0 Å². The van der Waals surface area contributed by atoms with E-state index in [1.807, 2.05) is 31.2 Å². The second kappa shape index (κ2) is 10.1. The average molecular weight is 506 g/mol. The first-order chi connectivity index (χ1) is 14.8. The summed E-state index contributed by atoms with van der Waals surface area (Å²) in [6.07, 6.45) is 0.755. The van der Waals surface area contributed by atoms with Gasteiger partial charge in [-0.25, -0.2) is 4.98 Å². The maximum absolute atomic E-state index is 13.5. The van der Waals surface area contributed by atoms with Crippen LogP contribution in [0.1, 0.15) is 52.2 Å². The lowest BCUT2D eigenvalue weighted by Gasteiger charge is -2.28. The third-order valence-electron chi connectivity index (χ3n) is 5.59. The fraction of sp³-hybridized carbons (Fsp3) is 0.435. The molecule has 0 unspecified atom stereocenters. The van der Waals surface area contributed by atoms with Gasteiger partial charge < -0.3 is 14.9 Å². The standard InChI is InChI=1S/C23H28BrN3O3S/c1-5-26(6-2)11-8-12-27-19(16-9-7-10-17(24)13-16)18(21(29)23(27)30)20(28)22-14(3)25-15(4)31-22/h7,9-10,13,19,29H,5-6,8,11-12H2,1-4H3/t19-/m0/s1. The van der Waals surface area contributed by atoms with E-state index in [0.29, 0.717) is 17.1 Å². The van der Waals surface area contributed by atoms with E-state index in [1.54, 1.807) is 11.8 Å². The number of benzene rings is 1. The number of carbonyl (C=O) groups is 2. The van der Waals surface area contributed by atoms with Crippen LogP contribution < -0.4 is 0 Å². The van der Waals surface area contributed by atoms with Crippen LogP contribution in [0.25, 0.3) is 0 Å². The lowest BCUT2D eigenvalue weighted by Crippen LogP contribution is -2.34. The fourth-order valence-electron chi connectivity index (χ4n) is 4.01. The minimum Gasteiger partial charge on any atom is -0.503 e. The zero-order valence-corrected chi connectivity index (χ0v) is 20.7. The van der Waals surface area contributed by atoms with Gasteiger partial charge in [-0.2, -0.15) is 0 Å². The Labute approximate surface area is 195 Å². The number of carbonyl (C=O) groups excluding carboxylic acids is 2. The molecule has 1 atom stereocenters. The predicted molar refractivity (Wildman–Crippen MR) is 127 cm³/mol. The molecule has 1 aromatic carbocycles. The second-order valence-corrected chi connectivity index (χ2v) is 9.69. The molecular formula is C23H28BrN3O3S. The van der Waals surface area contributed by atoms with E-state index in [-0.39, 0.29) is 11.4 Å². The van der Waals surface area contributed by atoms with Gasteiger partial charge in [0.2, 0.25) is 5.78 Å². The van der Waals surface area contributed by atoms with Crippen molar-refractivity contribution in [3.63, 3.8) is 0 Å². The number of aliphatic hydroxyl groups excluding tert-OH is 1. The van der Waals surface area contributed by atoms with Crippen LogP contribution in [0.3, 0.4) is 0 Å². The molecule has 1 amide bonds. The first-order valence-corrected chi connectivity index (χ1v) is 12.1. The number of halogens is 1. The molecule has 31 heavy (non-hydrogen) atoms. The van der Waals surface area contributed by atoms with Gasteiger partial charge in [-0.1, -0.05) is 41.9 Å². The largest absolute Gasteiger partial charge is 0.503 e. The van der Waals surface area contributed by atoms with Crippen LogP contribution in [-0.2, 0) is 4.79 Å². The van der Waals surface area contributed by atoms with Gasteiger partial charge in [0.05, 0.1) is 27.2 Å². The van der Waals surface area contributed by atoms with Gasteiger partial charge in [0.15, 0.2) is 5.76 Å². The highest BCUT2D eigenvalue weighted by atomic mass is 79.9. The van der Waals surface area contributed by atoms with Crippen LogP contribution in [0.2, 0.25) is 0 Å². The number of amides is 1. The molecule has 0 aliphatic carbocycles. The molecule has 0 fully saturated rings. The number of hydrogen-bond donors (Lipinski definition) is 1. The highest BCUT2D eigenvalue weighted by molar-refractivity contribution is 9.10. The fourth-order valence-corrected chi connectivity index (χ4v) is 5.30. The minimum absolute atomic E-state index is 0.137. The monoisotopic (exact) mass is 505 g/mol. The summed E-state index contributed by atoms with van der Waals surface area (Å²) in [4.78, 5) is 35.3. The Kier molecular flexibility index (Phi) is 7.67. The molecule has 0 radical (unpaired) electrons. The van der Waals surface area contributed by atoms with Gasteiger partial charge in [0, 0.05) is 11.0 Å². The first kappa shape index (κ1) is 23.6. The summed E-state index contributed by atoms with van der Waals surface area (Å²) < 4.78 is 0.851. The normalized spacial score (nSPS) is 16.6. The van der Waals surface area contributed by atoms with Crippen LogP contribution in [0, 0.1) is 13.8 Å². The Morgan fingerprint density at radius 3 is 2.58 bits per heavy atom. The molecule has 3 rings (SSSR count). The molecule has 0 saturated heterocycles. The van der Waals surface area contributed by atoms with Crippen molar-refractivity contribution >= 4 is 39.0 Å². The molecule has 1 aromatic heterocycles. The molecule has 8 heteroatoms. The van der Waals surface area contributed by atoms with Crippen molar-refractivity contribution in [1.82, 2.24) is 14.8 Å². The van der Waals surface area contributed by atoms with Gasteiger partial charge in [-0.15, -0.1) is 11.3 Å². The number of aliphatic hydroxyl groups is 1. The Balaban J connectivity index is 1.98. The molecule has 1 aliphatic rings. The molecule has 0 spiro atoms. The highest BCUT2D eigenvalue weighted by Gasteiger charge is 2.44. The number of ketones is 1. The van der Waals surface area contributed by atoms with Crippen LogP contribution in [0.4, 0.5) is 0 Å². The summed E-state index contributed by atoms with van der Waals surface area (Å²) in [6.45, 7) is 11.0. The quantitative estimate of drug-likeness (QED) is 0.493. The third-order valence-corrected chi connectivity index (χ3v) is 7.16. The zero-order valence-electron chi connectivity index (χ0n) is 18.3. The van der Waals surface area contributed by atoms with E-state index in [4.69, 9.17) is 0 Å². The molecule has 6 nitrogen and oxygen atoms in total. The molecule has 1 aliphatic heterocycles. The summed E-state index contributed by atoms with van der Waals surface area (Å²) in [7, 11) is 0. The number of thiazole rings is 1. The summed E-state index contributed by atoms with van der Waals surface area (Å²) >= 11 is 4.78. The average Bonchev–Trinajstić information content (AvgIpc) is 3.21. The lowest BCUT2D eigenvalue weighted by atomic mass is 9.95. The van der Waals surface area contributed by atoms with Gasteiger partial charge in [-0.3, -0.25) is 9.59 Å². The van der Waals surface area contributed by atoms with Gasteiger partial charge in [0.25, 0.3) is 5.91 Å². The Hall–Kier alpha value is -2.03. The maximum atomic E-state index is 13.5. The van der Waals surface area contributed by atoms with Crippen LogP contribution in [0.15, 0.2) is 40.1 Å². The van der Waals surface area contributed by atoms with Crippen LogP contribution in [0.5, 0.6) is 0 Å². The SMILES string of the molecule is CCN(CC)CCCN1C(=O)C(O)=C(C(=O)c2sc(C)nc2C)[C@@H]1c1cccc(Br)c1. The summed E-state index contributed by atoms with van der Waals surface area (Å²) in [5.41, 5.74) is 1.54. The molecule has 2 heterocycles. The number of nitrogens with zero attached hydrogens (tertiary/aromatic N) is 3. The van der Waals surface area contributed by atoms with Crippen LogP contribution in [-0.4, -0.2) is 57.8 Å². The Bertz CT molecular complexity index is 1010. The van der Waals surface area contributed by atoms with Crippen molar-refractivity contribution in [2.45, 2.75) is 40.2 Å². The number of aromatic nitrogens is 1.